The van der Waals surface area contributed by atoms with Crippen molar-refractivity contribution in [3.63, 3.8) is 0 Å². The second-order valence-corrected chi connectivity index (χ2v) is 5.64. The summed E-state index contributed by atoms with van der Waals surface area (Å²) < 4.78 is 10.1. The molecule has 0 saturated heterocycles. The first-order chi connectivity index (χ1) is 12.4. The summed E-state index contributed by atoms with van der Waals surface area (Å²) in [5.41, 5.74) is 2.17. The average Bonchev–Trinajstić information content (AvgIpc) is 2.62. The molecule has 0 bridgehead atoms. The van der Waals surface area contributed by atoms with Gasteiger partial charge in [0.1, 0.15) is 5.75 Å². The molecule has 1 amide bonds. The fourth-order valence-corrected chi connectivity index (χ4v) is 2.28. The van der Waals surface area contributed by atoms with Crippen molar-refractivity contribution < 1.29 is 23.9 Å². The SMILES string of the molecule is CCNC(=O)[C@@H](C)OC(=O)c1ccc(-c2ccc(OC(C)=O)cc2)cc1. The first-order valence-electron chi connectivity index (χ1n) is 8.28. The van der Waals surface area contributed by atoms with Gasteiger partial charge in [-0.1, -0.05) is 24.3 Å². The Bertz CT molecular complexity index is 781. The Kier molecular flexibility index (Phi) is 6.49. The predicted octanol–water partition coefficient (Wildman–Crippen LogP) is 2.96. The Balaban J connectivity index is 2.04. The van der Waals surface area contributed by atoms with E-state index in [9.17, 15) is 14.4 Å². The maximum atomic E-state index is 12.1. The Morgan fingerprint density at radius 2 is 1.50 bits per heavy atom. The van der Waals surface area contributed by atoms with E-state index in [2.05, 4.69) is 5.32 Å². The lowest BCUT2D eigenvalue weighted by Gasteiger charge is -2.13. The van der Waals surface area contributed by atoms with E-state index in [1.165, 1.54) is 13.8 Å². The van der Waals surface area contributed by atoms with Gasteiger partial charge >= 0.3 is 11.9 Å². The van der Waals surface area contributed by atoms with Crippen LogP contribution in [0.4, 0.5) is 0 Å². The van der Waals surface area contributed by atoms with Gasteiger partial charge in [-0.25, -0.2) is 4.79 Å². The number of rotatable bonds is 6. The summed E-state index contributed by atoms with van der Waals surface area (Å²) in [5.74, 6) is -0.783. The molecule has 2 aromatic rings. The zero-order valence-corrected chi connectivity index (χ0v) is 14.9. The zero-order chi connectivity index (χ0) is 19.1. The van der Waals surface area contributed by atoms with Crippen LogP contribution in [0.5, 0.6) is 5.75 Å². The fourth-order valence-electron chi connectivity index (χ4n) is 2.28. The summed E-state index contributed by atoms with van der Waals surface area (Å²) in [5, 5.41) is 2.60. The van der Waals surface area contributed by atoms with Crippen LogP contribution < -0.4 is 10.1 Å². The average molecular weight is 355 g/mol. The number of carbonyl (C=O) groups excluding carboxylic acids is 3. The second-order valence-electron chi connectivity index (χ2n) is 5.64. The van der Waals surface area contributed by atoms with Crippen LogP contribution in [-0.2, 0) is 14.3 Å². The molecule has 136 valence electrons. The number of ether oxygens (including phenoxy) is 2. The van der Waals surface area contributed by atoms with Crippen molar-refractivity contribution >= 4 is 17.8 Å². The van der Waals surface area contributed by atoms with Gasteiger partial charge in [0.15, 0.2) is 6.10 Å². The molecule has 0 aliphatic rings. The van der Waals surface area contributed by atoms with Crippen LogP contribution in [0.2, 0.25) is 0 Å². The van der Waals surface area contributed by atoms with E-state index in [0.29, 0.717) is 17.9 Å². The lowest BCUT2D eigenvalue weighted by molar-refractivity contribution is -0.132. The van der Waals surface area contributed by atoms with Crippen LogP contribution in [0, 0.1) is 0 Å². The molecular formula is C20H21NO5. The highest BCUT2D eigenvalue weighted by Gasteiger charge is 2.18. The number of nitrogens with one attached hydrogen (secondary N) is 1. The van der Waals surface area contributed by atoms with E-state index in [-0.39, 0.29) is 11.9 Å². The molecule has 6 heteroatoms. The summed E-state index contributed by atoms with van der Waals surface area (Å²) in [4.78, 5) is 34.7. The fraction of sp³-hybridized carbons (Fsp3) is 0.250. The molecule has 0 aliphatic carbocycles. The third kappa shape index (κ3) is 5.17. The maximum Gasteiger partial charge on any atom is 0.338 e. The summed E-state index contributed by atoms with van der Waals surface area (Å²) in [7, 11) is 0. The second kappa shape index (κ2) is 8.80. The molecule has 26 heavy (non-hydrogen) atoms. The molecular weight excluding hydrogens is 334 g/mol. The monoisotopic (exact) mass is 355 g/mol. The summed E-state index contributed by atoms with van der Waals surface area (Å²) in [6.45, 7) is 5.15. The molecule has 0 spiro atoms. The molecule has 0 heterocycles. The highest BCUT2D eigenvalue weighted by Crippen LogP contribution is 2.23. The van der Waals surface area contributed by atoms with Crippen LogP contribution in [0.1, 0.15) is 31.1 Å². The normalized spacial score (nSPS) is 11.3. The molecule has 0 fully saturated rings. The predicted molar refractivity (Wildman–Crippen MR) is 96.7 cm³/mol. The first kappa shape index (κ1) is 19.2. The molecule has 0 aromatic heterocycles. The van der Waals surface area contributed by atoms with Crippen molar-refractivity contribution in [2.75, 3.05) is 6.54 Å². The van der Waals surface area contributed by atoms with Crippen molar-refractivity contribution in [1.82, 2.24) is 5.32 Å². The van der Waals surface area contributed by atoms with Gasteiger partial charge in [-0.3, -0.25) is 9.59 Å². The summed E-state index contributed by atoms with van der Waals surface area (Å²) in [6, 6.07) is 13.9. The third-order valence-electron chi connectivity index (χ3n) is 3.57. The van der Waals surface area contributed by atoms with Crippen molar-refractivity contribution in [2.24, 2.45) is 0 Å². The first-order valence-corrected chi connectivity index (χ1v) is 8.28. The number of hydrogen-bond donors (Lipinski definition) is 1. The highest BCUT2D eigenvalue weighted by atomic mass is 16.5. The van der Waals surface area contributed by atoms with E-state index in [0.717, 1.165) is 11.1 Å². The van der Waals surface area contributed by atoms with Gasteiger partial charge in [0.25, 0.3) is 5.91 Å². The van der Waals surface area contributed by atoms with Gasteiger partial charge in [0, 0.05) is 13.5 Å². The standard InChI is InChI=1S/C20H21NO5/c1-4-21-19(23)13(2)25-20(24)17-7-5-15(6-8-17)16-9-11-18(12-10-16)26-14(3)22/h5-13H,4H2,1-3H3,(H,21,23)/t13-/m1/s1. The minimum absolute atomic E-state index is 0.328. The van der Waals surface area contributed by atoms with E-state index in [1.54, 1.807) is 43.3 Å². The van der Waals surface area contributed by atoms with Gasteiger partial charge < -0.3 is 14.8 Å². The summed E-state index contributed by atoms with van der Waals surface area (Å²) >= 11 is 0. The topological polar surface area (TPSA) is 81.7 Å². The molecule has 1 N–H and O–H groups in total. The van der Waals surface area contributed by atoms with Gasteiger partial charge in [-0.2, -0.15) is 0 Å². The highest BCUT2D eigenvalue weighted by molar-refractivity contribution is 5.92. The van der Waals surface area contributed by atoms with Gasteiger partial charge in [0.2, 0.25) is 0 Å². The summed E-state index contributed by atoms with van der Waals surface area (Å²) in [6.07, 6.45) is -0.851. The molecule has 0 saturated carbocycles. The number of amides is 1. The lowest BCUT2D eigenvalue weighted by Crippen LogP contribution is -2.35. The number of hydrogen-bond acceptors (Lipinski definition) is 5. The quantitative estimate of drug-likeness (QED) is 0.636. The number of esters is 2. The molecule has 1 atom stereocenters. The minimum atomic E-state index is -0.851. The van der Waals surface area contributed by atoms with E-state index < -0.39 is 12.1 Å². The van der Waals surface area contributed by atoms with Crippen molar-refractivity contribution in [3.8, 4) is 16.9 Å². The number of carbonyl (C=O) groups is 3. The van der Waals surface area contributed by atoms with Gasteiger partial charge in [-0.05, 0) is 49.2 Å². The van der Waals surface area contributed by atoms with Crippen molar-refractivity contribution in [1.29, 1.82) is 0 Å². The van der Waals surface area contributed by atoms with E-state index >= 15 is 0 Å². The minimum Gasteiger partial charge on any atom is -0.449 e. The number of benzene rings is 2. The van der Waals surface area contributed by atoms with Gasteiger partial charge in [-0.15, -0.1) is 0 Å². The molecule has 2 rings (SSSR count). The Hall–Kier alpha value is -3.15. The Labute approximate surface area is 152 Å². The van der Waals surface area contributed by atoms with E-state index in [1.807, 2.05) is 12.1 Å². The van der Waals surface area contributed by atoms with Crippen LogP contribution in [-0.4, -0.2) is 30.5 Å². The zero-order valence-electron chi connectivity index (χ0n) is 14.9. The van der Waals surface area contributed by atoms with E-state index in [4.69, 9.17) is 9.47 Å². The molecule has 0 unspecified atom stereocenters. The Morgan fingerprint density at radius 1 is 0.962 bits per heavy atom. The van der Waals surface area contributed by atoms with Crippen LogP contribution >= 0.6 is 0 Å². The lowest BCUT2D eigenvalue weighted by atomic mass is 10.0. The Morgan fingerprint density at radius 3 is 2.00 bits per heavy atom. The van der Waals surface area contributed by atoms with Crippen molar-refractivity contribution in [3.05, 3.63) is 54.1 Å². The molecule has 6 nitrogen and oxygen atoms in total. The van der Waals surface area contributed by atoms with Crippen LogP contribution in [0.25, 0.3) is 11.1 Å². The van der Waals surface area contributed by atoms with Crippen LogP contribution in [0.3, 0.4) is 0 Å². The van der Waals surface area contributed by atoms with Crippen LogP contribution in [0.15, 0.2) is 48.5 Å². The molecule has 2 aromatic carbocycles. The molecule has 0 aliphatic heterocycles. The maximum absolute atomic E-state index is 12.1. The molecule has 0 radical (unpaired) electrons. The van der Waals surface area contributed by atoms with Crippen molar-refractivity contribution in [2.45, 2.75) is 26.9 Å². The largest absolute Gasteiger partial charge is 0.449 e. The van der Waals surface area contributed by atoms with Gasteiger partial charge in [0.05, 0.1) is 5.56 Å². The number of likely N-dealkylation sites (N-methyl/N-ethyl adjacent to an activating group) is 1. The third-order valence-corrected chi connectivity index (χ3v) is 3.57. The smallest absolute Gasteiger partial charge is 0.338 e.